The third-order valence-corrected chi connectivity index (χ3v) is 8.13. The average Bonchev–Trinajstić information content (AvgIpc) is 2.55. The molecule has 0 bridgehead atoms. The second-order valence-corrected chi connectivity index (χ2v) is 10.9. The van der Waals surface area contributed by atoms with E-state index in [1.54, 1.807) is 0 Å². The van der Waals surface area contributed by atoms with Crippen LogP contribution in [0.4, 0.5) is 0 Å². The molecule has 3 fully saturated rings. The first-order valence-electron chi connectivity index (χ1n) is 11.9. The van der Waals surface area contributed by atoms with E-state index in [4.69, 9.17) is 0 Å². The Balaban J connectivity index is 1.62. The Morgan fingerprint density at radius 1 is 0.500 bits per heavy atom. The Morgan fingerprint density at radius 3 is 1.12 bits per heavy atom. The molecule has 3 saturated carbocycles. The third kappa shape index (κ3) is 4.85. The minimum atomic E-state index is 0.686. The van der Waals surface area contributed by atoms with Gasteiger partial charge in [-0.2, -0.15) is 0 Å². The molecule has 0 aromatic rings. The molecule has 3 aliphatic rings. The van der Waals surface area contributed by atoms with Crippen LogP contribution in [0, 0.1) is 35.5 Å². The van der Waals surface area contributed by atoms with Crippen molar-refractivity contribution in [3.63, 3.8) is 0 Å². The lowest BCUT2D eigenvalue weighted by molar-refractivity contribution is 0.108. The standard InChI is InChI=1S/C24H46N2/c1-15-11-17(3)23(18(4)12-15)25-21-9-7-8-10-22(21)26-24-19(5)13-16(2)14-20(24)6/h15-26H,7-14H2,1-6H3. The van der Waals surface area contributed by atoms with Crippen molar-refractivity contribution in [3.8, 4) is 0 Å². The number of hydrogen-bond acceptors (Lipinski definition) is 2. The Kier molecular flexibility index (Phi) is 7.11. The largest absolute Gasteiger partial charge is 0.309 e. The van der Waals surface area contributed by atoms with Gasteiger partial charge in [-0.25, -0.2) is 0 Å². The molecule has 2 heteroatoms. The van der Waals surface area contributed by atoms with Crippen LogP contribution in [0.3, 0.4) is 0 Å². The van der Waals surface area contributed by atoms with E-state index >= 15 is 0 Å². The molecule has 0 amide bonds. The van der Waals surface area contributed by atoms with E-state index in [0.29, 0.717) is 12.1 Å². The van der Waals surface area contributed by atoms with Crippen LogP contribution in [0.2, 0.25) is 0 Å². The van der Waals surface area contributed by atoms with Gasteiger partial charge >= 0.3 is 0 Å². The van der Waals surface area contributed by atoms with Crippen LogP contribution in [0.15, 0.2) is 0 Å². The molecule has 2 N–H and O–H groups in total. The van der Waals surface area contributed by atoms with Gasteiger partial charge in [-0.1, -0.05) is 54.4 Å². The lowest BCUT2D eigenvalue weighted by Crippen LogP contribution is -2.60. The predicted molar refractivity (Wildman–Crippen MR) is 113 cm³/mol. The van der Waals surface area contributed by atoms with Crippen LogP contribution < -0.4 is 10.6 Å². The SMILES string of the molecule is CC1CC(C)C(NC2CCCCC2NC2C(C)CC(C)CC2C)C(C)C1. The van der Waals surface area contributed by atoms with Gasteiger partial charge in [-0.15, -0.1) is 0 Å². The van der Waals surface area contributed by atoms with Crippen LogP contribution in [-0.4, -0.2) is 24.2 Å². The van der Waals surface area contributed by atoms with Crippen molar-refractivity contribution in [1.29, 1.82) is 0 Å². The molecule has 6 unspecified atom stereocenters. The van der Waals surface area contributed by atoms with E-state index < -0.39 is 0 Å². The van der Waals surface area contributed by atoms with Gasteiger partial charge in [-0.05, 0) is 74.0 Å². The lowest BCUT2D eigenvalue weighted by atomic mass is 9.72. The summed E-state index contributed by atoms with van der Waals surface area (Å²) in [6.45, 7) is 14.8. The Labute approximate surface area is 163 Å². The average molecular weight is 363 g/mol. The summed E-state index contributed by atoms with van der Waals surface area (Å²) in [5.41, 5.74) is 0. The van der Waals surface area contributed by atoms with Gasteiger partial charge in [0.15, 0.2) is 0 Å². The van der Waals surface area contributed by atoms with Crippen molar-refractivity contribution in [3.05, 3.63) is 0 Å². The maximum atomic E-state index is 4.19. The molecule has 0 radical (unpaired) electrons. The van der Waals surface area contributed by atoms with E-state index in [1.807, 2.05) is 0 Å². The van der Waals surface area contributed by atoms with Crippen molar-refractivity contribution >= 4 is 0 Å². The van der Waals surface area contributed by atoms with Crippen LogP contribution in [-0.2, 0) is 0 Å². The van der Waals surface area contributed by atoms with Gasteiger partial charge in [-0.3, -0.25) is 0 Å². The van der Waals surface area contributed by atoms with E-state index in [1.165, 1.54) is 51.4 Å². The minimum Gasteiger partial charge on any atom is -0.309 e. The second kappa shape index (κ2) is 8.95. The van der Waals surface area contributed by atoms with E-state index in [-0.39, 0.29) is 0 Å². The van der Waals surface area contributed by atoms with Crippen LogP contribution in [0.5, 0.6) is 0 Å². The summed E-state index contributed by atoms with van der Waals surface area (Å²) in [4.78, 5) is 0. The van der Waals surface area contributed by atoms with Gasteiger partial charge in [0.2, 0.25) is 0 Å². The summed E-state index contributed by atoms with van der Waals surface area (Å²) in [7, 11) is 0. The third-order valence-electron chi connectivity index (χ3n) is 8.13. The Morgan fingerprint density at radius 2 is 0.808 bits per heavy atom. The van der Waals surface area contributed by atoms with Crippen LogP contribution in [0.25, 0.3) is 0 Å². The van der Waals surface area contributed by atoms with Crippen LogP contribution >= 0.6 is 0 Å². The highest BCUT2D eigenvalue weighted by molar-refractivity contribution is 4.96. The van der Waals surface area contributed by atoms with Crippen molar-refractivity contribution in [1.82, 2.24) is 10.6 Å². The highest BCUT2D eigenvalue weighted by Crippen LogP contribution is 2.36. The maximum absolute atomic E-state index is 4.19. The molecule has 0 aliphatic heterocycles. The summed E-state index contributed by atoms with van der Waals surface area (Å²) in [5, 5.41) is 8.39. The molecule has 6 atom stereocenters. The summed E-state index contributed by atoms with van der Waals surface area (Å²) in [6, 6.07) is 2.82. The first-order valence-corrected chi connectivity index (χ1v) is 11.9. The summed E-state index contributed by atoms with van der Waals surface area (Å²) >= 11 is 0. The van der Waals surface area contributed by atoms with Gasteiger partial charge < -0.3 is 10.6 Å². The number of rotatable bonds is 4. The molecule has 0 heterocycles. The summed E-state index contributed by atoms with van der Waals surface area (Å²) < 4.78 is 0. The van der Waals surface area contributed by atoms with E-state index in [2.05, 4.69) is 52.2 Å². The quantitative estimate of drug-likeness (QED) is 0.678. The monoisotopic (exact) mass is 362 g/mol. The molecular weight excluding hydrogens is 316 g/mol. The van der Waals surface area contributed by atoms with Gasteiger partial charge in [0.25, 0.3) is 0 Å². The molecule has 3 aliphatic carbocycles. The molecular formula is C24H46N2. The molecule has 0 saturated heterocycles. The van der Waals surface area contributed by atoms with Crippen molar-refractivity contribution < 1.29 is 0 Å². The fraction of sp³-hybridized carbons (Fsp3) is 1.00. The predicted octanol–water partition coefficient (Wildman–Crippen LogP) is 5.62. The highest BCUT2D eigenvalue weighted by atomic mass is 15.1. The highest BCUT2D eigenvalue weighted by Gasteiger charge is 2.38. The Hall–Kier alpha value is -0.0800. The minimum absolute atomic E-state index is 0.686. The molecule has 2 nitrogen and oxygen atoms in total. The van der Waals surface area contributed by atoms with Gasteiger partial charge in [0, 0.05) is 24.2 Å². The van der Waals surface area contributed by atoms with E-state index in [9.17, 15) is 0 Å². The fourth-order valence-corrected chi connectivity index (χ4v) is 7.12. The topological polar surface area (TPSA) is 24.1 Å². The summed E-state index contributed by atoms with van der Waals surface area (Å²) in [5.74, 6) is 5.11. The van der Waals surface area contributed by atoms with Crippen molar-refractivity contribution in [2.75, 3.05) is 0 Å². The molecule has 152 valence electrons. The van der Waals surface area contributed by atoms with Crippen LogP contribution in [0.1, 0.15) is 92.9 Å². The normalized spacial score (nSPS) is 50.5. The van der Waals surface area contributed by atoms with Crippen molar-refractivity contribution in [2.24, 2.45) is 35.5 Å². The van der Waals surface area contributed by atoms with Gasteiger partial charge in [0.1, 0.15) is 0 Å². The molecule has 0 spiro atoms. The summed E-state index contributed by atoms with van der Waals surface area (Å²) in [6.07, 6.45) is 11.2. The van der Waals surface area contributed by atoms with E-state index in [0.717, 1.165) is 47.6 Å². The molecule has 0 aromatic heterocycles. The van der Waals surface area contributed by atoms with Gasteiger partial charge in [0.05, 0.1) is 0 Å². The first kappa shape index (κ1) is 20.6. The molecule has 3 rings (SSSR count). The second-order valence-electron chi connectivity index (χ2n) is 10.9. The maximum Gasteiger partial charge on any atom is 0.0224 e. The smallest absolute Gasteiger partial charge is 0.0224 e. The zero-order valence-electron chi connectivity index (χ0n) is 18.4. The molecule has 26 heavy (non-hydrogen) atoms. The zero-order chi connectivity index (χ0) is 18.8. The Bertz CT molecular complexity index is 372. The fourth-order valence-electron chi connectivity index (χ4n) is 7.12. The molecule has 0 aromatic carbocycles. The first-order chi connectivity index (χ1) is 12.3. The number of nitrogens with one attached hydrogen (secondary N) is 2. The van der Waals surface area contributed by atoms with Crippen molar-refractivity contribution in [2.45, 2.75) is 117 Å². The lowest BCUT2D eigenvalue weighted by Gasteiger charge is -2.46. The zero-order valence-corrected chi connectivity index (χ0v) is 18.4. The number of hydrogen-bond donors (Lipinski definition) is 2.